The van der Waals surface area contributed by atoms with Gasteiger partial charge in [0.05, 0.1) is 12.9 Å². The van der Waals surface area contributed by atoms with E-state index >= 15 is 0 Å². The largest absolute Gasteiger partial charge is 0.504 e. The minimum Gasteiger partial charge on any atom is -0.504 e. The molecule has 3 aliphatic rings. The minimum atomic E-state index is -0.409. The van der Waals surface area contributed by atoms with E-state index in [0.717, 1.165) is 29.0 Å². The van der Waals surface area contributed by atoms with Crippen LogP contribution in [-0.2, 0) is 25.5 Å². The van der Waals surface area contributed by atoms with E-state index in [2.05, 4.69) is 5.32 Å². The van der Waals surface area contributed by atoms with Crippen LogP contribution < -0.4 is 15.8 Å². The van der Waals surface area contributed by atoms with Gasteiger partial charge >= 0.3 is 11.9 Å². The summed E-state index contributed by atoms with van der Waals surface area (Å²) in [5.41, 5.74) is 8.72. The van der Waals surface area contributed by atoms with E-state index in [1.807, 2.05) is 18.2 Å². The fourth-order valence-corrected chi connectivity index (χ4v) is 6.69. The topological polar surface area (TPSA) is 120 Å². The van der Waals surface area contributed by atoms with Crippen LogP contribution >= 0.6 is 0 Å². The number of dihydropyridines is 1. The van der Waals surface area contributed by atoms with Crippen molar-refractivity contribution < 1.29 is 28.9 Å². The van der Waals surface area contributed by atoms with Crippen LogP contribution in [-0.4, -0.2) is 42.9 Å². The van der Waals surface area contributed by atoms with Crippen LogP contribution in [0.15, 0.2) is 30.1 Å². The molecule has 8 heteroatoms. The second-order valence-corrected chi connectivity index (χ2v) is 11.0. The number of hydrogen-bond acceptors (Lipinski definition) is 8. The Labute approximate surface area is 225 Å². The van der Waals surface area contributed by atoms with Crippen LogP contribution in [0.4, 0.5) is 0 Å². The highest BCUT2D eigenvalue weighted by molar-refractivity contribution is 5.79. The predicted molar refractivity (Wildman–Crippen MR) is 145 cm³/mol. The van der Waals surface area contributed by atoms with Gasteiger partial charge in [0.2, 0.25) is 0 Å². The van der Waals surface area contributed by atoms with Gasteiger partial charge in [-0.05, 0) is 78.3 Å². The van der Waals surface area contributed by atoms with E-state index in [9.17, 15) is 14.7 Å². The molecule has 1 aromatic carbocycles. The summed E-state index contributed by atoms with van der Waals surface area (Å²) in [6.45, 7) is 3.47. The Kier molecular flexibility index (Phi) is 9.23. The van der Waals surface area contributed by atoms with Crippen LogP contribution in [0.25, 0.3) is 5.57 Å². The van der Waals surface area contributed by atoms with Gasteiger partial charge in [0.1, 0.15) is 12.2 Å². The number of hydrogen-bond donors (Lipinski definition) is 3. The Morgan fingerprint density at radius 3 is 2.63 bits per heavy atom. The van der Waals surface area contributed by atoms with Crippen LogP contribution in [0.2, 0.25) is 0 Å². The number of phenolic OH excluding ortho intramolecular Hbond substituents is 1. The standard InChI is InChI=1S/C30H42N2O6/c1-18(33)37-24(16-28(38-19(2)34)25-10-7-20-5-4-6-21(25)13-20)9-8-22-14-29(36-3)27(35)17-26(22)23-11-12-32-30(31)15-23/h11,14-15,17,20-21,24-25,28,32,35H,4-10,12-13,16,31H2,1-3H3/t20-,21-,24+,25+,28+/m0/s1. The second-order valence-electron chi connectivity index (χ2n) is 11.0. The summed E-state index contributed by atoms with van der Waals surface area (Å²) in [5, 5.41) is 13.6. The summed E-state index contributed by atoms with van der Waals surface area (Å²) in [7, 11) is 1.52. The van der Waals surface area contributed by atoms with Crippen LogP contribution in [0.3, 0.4) is 0 Å². The first-order valence-corrected chi connectivity index (χ1v) is 13.9. The van der Waals surface area contributed by atoms with Crippen molar-refractivity contribution >= 4 is 17.5 Å². The van der Waals surface area contributed by atoms with Crippen LogP contribution in [0.5, 0.6) is 11.5 Å². The predicted octanol–water partition coefficient (Wildman–Crippen LogP) is 4.59. The highest BCUT2D eigenvalue weighted by Gasteiger charge is 2.40. The van der Waals surface area contributed by atoms with Gasteiger partial charge in [-0.25, -0.2) is 0 Å². The molecule has 4 rings (SSSR count). The highest BCUT2D eigenvalue weighted by atomic mass is 16.6. The third kappa shape index (κ3) is 7.03. The number of allylic oxidation sites excluding steroid dienone is 2. The SMILES string of the molecule is COc1cc(CC[C@H](C[C@@H](OC(C)=O)[C@@H]2CC[C@@H]3CCC[C@H]2C3)OC(C)=O)c(C2=CCNC(N)=C2)cc1O. The van der Waals surface area contributed by atoms with Crippen LogP contribution in [0, 0.1) is 17.8 Å². The molecular weight excluding hydrogens is 484 g/mol. The number of carbonyl (C=O) groups is 2. The zero-order valence-corrected chi connectivity index (χ0v) is 22.8. The first kappa shape index (κ1) is 27.9. The molecule has 5 atom stereocenters. The molecule has 0 aromatic heterocycles. The molecule has 1 aromatic rings. The Morgan fingerprint density at radius 2 is 1.92 bits per heavy atom. The van der Waals surface area contributed by atoms with Crippen molar-refractivity contribution in [3.05, 3.63) is 41.2 Å². The van der Waals surface area contributed by atoms with Crippen LogP contribution in [0.1, 0.15) is 76.3 Å². The Hall–Kier alpha value is -3.16. The van der Waals surface area contributed by atoms with E-state index in [-0.39, 0.29) is 23.8 Å². The number of ether oxygens (including phenoxy) is 3. The minimum absolute atomic E-state index is 0.0483. The lowest BCUT2D eigenvalue weighted by molar-refractivity contribution is -0.158. The number of aromatic hydroxyl groups is 1. The summed E-state index contributed by atoms with van der Waals surface area (Å²) in [6, 6.07) is 3.52. The monoisotopic (exact) mass is 526 g/mol. The van der Waals surface area contributed by atoms with Crippen molar-refractivity contribution in [2.24, 2.45) is 23.5 Å². The summed E-state index contributed by atoms with van der Waals surface area (Å²) >= 11 is 0. The zero-order valence-electron chi connectivity index (χ0n) is 22.8. The maximum absolute atomic E-state index is 12.1. The lowest BCUT2D eigenvalue weighted by atomic mass is 9.64. The summed E-state index contributed by atoms with van der Waals surface area (Å²) in [6.07, 6.45) is 11.9. The quantitative estimate of drug-likeness (QED) is 0.379. The molecule has 8 nitrogen and oxygen atoms in total. The third-order valence-corrected chi connectivity index (χ3v) is 8.35. The van der Waals surface area contributed by atoms with E-state index in [1.54, 1.807) is 6.07 Å². The molecule has 2 saturated carbocycles. The molecule has 2 fully saturated rings. The van der Waals surface area contributed by atoms with Crippen molar-refractivity contribution in [2.75, 3.05) is 13.7 Å². The number of fused-ring (bicyclic) bond motifs is 2. The number of phenols is 1. The molecule has 2 aliphatic carbocycles. The van der Waals surface area contributed by atoms with Crippen molar-refractivity contribution in [1.29, 1.82) is 0 Å². The molecule has 38 heavy (non-hydrogen) atoms. The third-order valence-electron chi connectivity index (χ3n) is 8.35. The van der Waals surface area contributed by atoms with Gasteiger partial charge < -0.3 is 30.4 Å². The maximum Gasteiger partial charge on any atom is 0.302 e. The summed E-state index contributed by atoms with van der Waals surface area (Å²) in [5.74, 6) is 2.00. The average Bonchev–Trinajstić information content (AvgIpc) is 2.87. The molecule has 0 radical (unpaired) electrons. The Morgan fingerprint density at radius 1 is 1.13 bits per heavy atom. The van der Waals surface area contributed by atoms with Crippen molar-refractivity contribution in [3.63, 3.8) is 0 Å². The molecule has 4 N–H and O–H groups in total. The van der Waals surface area contributed by atoms with Gasteiger partial charge in [-0.3, -0.25) is 9.59 Å². The molecule has 0 saturated heterocycles. The normalized spacial score (nSPS) is 24.2. The van der Waals surface area contributed by atoms with Gasteiger partial charge in [0, 0.05) is 26.8 Å². The highest BCUT2D eigenvalue weighted by Crippen LogP contribution is 2.46. The number of rotatable bonds is 10. The number of esters is 2. The molecule has 0 amide bonds. The smallest absolute Gasteiger partial charge is 0.302 e. The molecular formula is C30H42N2O6. The number of benzene rings is 1. The van der Waals surface area contributed by atoms with Gasteiger partial charge in [0.15, 0.2) is 11.5 Å². The second kappa shape index (κ2) is 12.6. The molecule has 0 spiro atoms. The molecule has 1 aliphatic heterocycles. The van der Waals surface area contributed by atoms with Gasteiger partial charge in [-0.2, -0.15) is 0 Å². The number of nitrogens with one attached hydrogen (secondary N) is 1. The Bertz CT molecular complexity index is 1080. The first-order valence-electron chi connectivity index (χ1n) is 13.9. The number of methoxy groups -OCH3 is 1. The average molecular weight is 527 g/mol. The maximum atomic E-state index is 12.1. The lowest BCUT2D eigenvalue weighted by Gasteiger charge is -2.43. The van der Waals surface area contributed by atoms with Gasteiger partial charge in [-0.1, -0.05) is 31.8 Å². The summed E-state index contributed by atoms with van der Waals surface area (Å²) in [4.78, 5) is 24.2. The fourth-order valence-electron chi connectivity index (χ4n) is 6.69. The molecule has 2 bridgehead atoms. The molecule has 1 heterocycles. The summed E-state index contributed by atoms with van der Waals surface area (Å²) < 4.78 is 17.1. The number of carbonyl (C=O) groups excluding carboxylic acids is 2. The zero-order chi connectivity index (χ0) is 27.2. The van der Waals surface area contributed by atoms with Crippen molar-refractivity contribution in [3.8, 4) is 11.5 Å². The van der Waals surface area contributed by atoms with Gasteiger partial charge in [-0.15, -0.1) is 0 Å². The number of aryl methyl sites for hydroxylation is 1. The fraction of sp³-hybridized carbons (Fsp3) is 0.600. The van der Waals surface area contributed by atoms with E-state index < -0.39 is 6.10 Å². The lowest BCUT2D eigenvalue weighted by Crippen LogP contribution is -2.40. The molecule has 208 valence electrons. The number of nitrogens with two attached hydrogens (primary N) is 1. The van der Waals surface area contributed by atoms with E-state index in [4.69, 9.17) is 19.9 Å². The van der Waals surface area contributed by atoms with Crippen molar-refractivity contribution in [1.82, 2.24) is 5.32 Å². The van der Waals surface area contributed by atoms with Gasteiger partial charge in [0.25, 0.3) is 0 Å². The van der Waals surface area contributed by atoms with E-state index in [1.165, 1.54) is 53.1 Å². The van der Waals surface area contributed by atoms with E-state index in [0.29, 0.717) is 49.2 Å². The van der Waals surface area contributed by atoms with Crippen molar-refractivity contribution in [2.45, 2.75) is 83.8 Å². The first-order chi connectivity index (χ1) is 18.2. The Balaban J connectivity index is 1.55. The molecule has 0 unspecified atom stereocenters.